The molecule has 3 rings (SSSR count). The molecule has 13 heteroatoms. The molecule has 0 saturated carbocycles. The van der Waals surface area contributed by atoms with Crippen LogP contribution in [-0.2, 0) is 29.1 Å². The highest BCUT2D eigenvalue weighted by Gasteiger charge is 2.36. The normalized spacial score (nSPS) is 20.6. The Hall–Kier alpha value is -2.19. The van der Waals surface area contributed by atoms with Crippen molar-refractivity contribution in [1.29, 1.82) is 0 Å². The summed E-state index contributed by atoms with van der Waals surface area (Å²) in [5.74, 6) is -3.81. The molecular weight excluding hydrogens is 450 g/mol. The Balaban J connectivity index is 1.55. The third-order valence-electron chi connectivity index (χ3n) is 5.09. The Morgan fingerprint density at radius 2 is 1.78 bits per heavy atom. The topological polar surface area (TPSA) is 117 Å². The Morgan fingerprint density at radius 1 is 1.06 bits per heavy atom. The first kappa shape index (κ1) is 24.5. The molecule has 2 aliphatic rings. The minimum Gasteiger partial charge on any atom is -0.379 e. The molecule has 1 atom stereocenters. The summed E-state index contributed by atoms with van der Waals surface area (Å²) in [6.45, 7) is 3.45. The lowest BCUT2D eigenvalue weighted by atomic mass is 10.3. The van der Waals surface area contributed by atoms with E-state index in [1.165, 1.54) is 0 Å². The van der Waals surface area contributed by atoms with Crippen molar-refractivity contribution in [2.45, 2.75) is 17.5 Å². The molecule has 178 valence electrons. The van der Waals surface area contributed by atoms with Crippen LogP contribution in [0.15, 0.2) is 23.1 Å². The molecule has 32 heavy (non-hydrogen) atoms. The van der Waals surface area contributed by atoms with E-state index in [4.69, 9.17) is 9.47 Å². The van der Waals surface area contributed by atoms with Gasteiger partial charge in [0.05, 0.1) is 26.4 Å². The number of hydrogen-bond donors (Lipinski definition) is 2. The van der Waals surface area contributed by atoms with Gasteiger partial charge in [-0.25, -0.2) is 17.2 Å². The molecule has 0 bridgehead atoms. The molecule has 2 amide bonds. The predicted octanol–water partition coefficient (Wildman–Crippen LogP) is -0.733. The van der Waals surface area contributed by atoms with Crippen LogP contribution in [-0.4, -0.2) is 94.8 Å². The van der Waals surface area contributed by atoms with Crippen molar-refractivity contribution in [1.82, 2.24) is 19.8 Å². The average molecular weight is 477 g/mol. The van der Waals surface area contributed by atoms with Gasteiger partial charge in [-0.1, -0.05) is 0 Å². The van der Waals surface area contributed by atoms with Gasteiger partial charge in [0.2, 0.25) is 10.0 Å². The highest BCUT2D eigenvalue weighted by atomic mass is 32.2. The number of sulfonamides is 1. The molecule has 0 aliphatic carbocycles. The molecule has 0 aromatic heterocycles. The van der Waals surface area contributed by atoms with Crippen LogP contribution in [0.4, 0.5) is 8.78 Å². The SMILES string of the molecule is O=C(NCCN1CCOCC1)C(=O)NC[C@@H]1OCCCN1S(=O)(=O)c1cc(F)ccc1F. The maximum atomic E-state index is 14.1. The summed E-state index contributed by atoms with van der Waals surface area (Å²) < 4.78 is 64.9. The molecule has 0 unspecified atom stereocenters. The smallest absolute Gasteiger partial charge is 0.309 e. The minimum absolute atomic E-state index is 0.00936. The van der Waals surface area contributed by atoms with Gasteiger partial charge in [-0.3, -0.25) is 14.5 Å². The molecule has 2 saturated heterocycles. The van der Waals surface area contributed by atoms with Gasteiger partial charge < -0.3 is 20.1 Å². The van der Waals surface area contributed by atoms with Crippen LogP contribution in [0, 0.1) is 11.6 Å². The standard InChI is InChI=1S/C19H26F2N4O6S/c20-14-2-3-15(21)16(12-14)32(28,29)25-5-1-9-31-17(25)13-23-19(27)18(26)22-4-6-24-7-10-30-11-8-24/h2-3,12,17H,1,4-11,13H2,(H,22,26)(H,23,27)/t17-/m0/s1. The number of ether oxygens (including phenoxy) is 2. The van der Waals surface area contributed by atoms with Crippen LogP contribution >= 0.6 is 0 Å². The number of amides is 2. The van der Waals surface area contributed by atoms with E-state index in [1.54, 1.807) is 0 Å². The van der Waals surface area contributed by atoms with Gasteiger partial charge in [0.1, 0.15) is 22.8 Å². The lowest BCUT2D eigenvalue weighted by Gasteiger charge is -2.34. The molecule has 0 radical (unpaired) electrons. The fourth-order valence-electron chi connectivity index (χ4n) is 3.40. The van der Waals surface area contributed by atoms with E-state index in [-0.39, 0.29) is 26.2 Å². The van der Waals surface area contributed by atoms with Gasteiger partial charge in [-0.05, 0) is 24.6 Å². The van der Waals surface area contributed by atoms with Crippen LogP contribution in [0.1, 0.15) is 6.42 Å². The van der Waals surface area contributed by atoms with E-state index in [1.807, 2.05) is 0 Å². The molecule has 0 spiro atoms. The summed E-state index contributed by atoms with van der Waals surface area (Å²) in [6, 6.07) is 2.14. The van der Waals surface area contributed by atoms with Crippen LogP contribution in [0.2, 0.25) is 0 Å². The molecule has 1 aromatic carbocycles. The quantitative estimate of drug-likeness (QED) is 0.498. The summed E-state index contributed by atoms with van der Waals surface area (Å²) in [4.78, 5) is 25.4. The molecule has 2 N–H and O–H groups in total. The van der Waals surface area contributed by atoms with E-state index in [9.17, 15) is 26.8 Å². The van der Waals surface area contributed by atoms with Crippen LogP contribution < -0.4 is 10.6 Å². The Labute approximate surface area is 184 Å². The number of rotatable bonds is 7. The molecular formula is C19H26F2N4O6S. The highest BCUT2D eigenvalue weighted by Crippen LogP contribution is 2.24. The summed E-state index contributed by atoms with van der Waals surface area (Å²) >= 11 is 0. The van der Waals surface area contributed by atoms with Crippen molar-refractivity contribution in [2.75, 3.05) is 59.1 Å². The van der Waals surface area contributed by atoms with E-state index >= 15 is 0 Å². The lowest BCUT2D eigenvalue weighted by molar-refractivity contribution is -0.140. The van der Waals surface area contributed by atoms with E-state index < -0.39 is 44.6 Å². The second-order valence-electron chi connectivity index (χ2n) is 7.29. The van der Waals surface area contributed by atoms with Crippen molar-refractivity contribution in [3.63, 3.8) is 0 Å². The van der Waals surface area contributed by atoms with Gasteiger partial charge in [-0.15, -0.1) is 0 Å². The zero-order chi connectivity index (χ0) is 23.1. The third-order valence-corrected chi connectivity index (χ3v) is 7.00. The number of benzene rings is 1. The first-order valence-corrected chi connectivity index (χ1v) is 11.7. The number of nitrogens with zero attached hydrogens (tertiary/aromatic N) is 2. The van der Waals surface area contributed by atoms with Crippen molar-refractivity contribution >= 4 is 21.8 Å². The molecule has 2 aliphatic heterocycles. The first-order valence-electron chi connectivity index (χ1n) is 10.2. The van der Waals surface area contributed by atoms with Crippen LogP contribution in [0.5, 0.6) is 0 Å². The minimum atomic E-state index is -4.43. The fourth-order valence-corrected chi connectivity index (χ4v) is 5.04. The van der Waals surface area contributed by atoms with Crippen molar-refractivity contribution in [2.24, 2.45) is 0 Å². The second kappa shape index (κ2) is 11.1. The Kier molecular flexibility index (Phi) is 8.48. The van der Waals surface area contributed by atoms with Crippen LogP contribution in [0.25, 0.3) is 0 Å². The van der Waals surface area contributed by atoms with Gasteiger partial charge in [0, 0.05) is 32.7 Å². The summed E-state index contributed by atoms with van der Waals surface area (Å²) in [6.07, 6.45) is -0.829. The molecule has 2 fully saturated rings. The average Bonchev–Trinajstić information content (AvgIpc) is 2.79. The summed E-state index contributed by atoms with van der Waals surface area (Å²) in [5.41, 5.74) is 0. The van der Waals surface area contributed by atoms with E-state index in [0.717, 1.165) is 29.5 Å². The van der Waals surface area contributed by atoms with Gasteiger partial charge in [-0.2, -0.15) is 4.31 Å². The monoisotopic (exact) mass is 476 g/mol. The number of morpholine rings is 1. The largest absolute Gasteiger partial charge is 0.379 e. The Morgan fingerprint density at radius 3 is 2.53 bits per heavy atom. The number of hydrogen-bond acceptors (Lipinski definition) is 7. The van der Waals surface area contributed by atoms with Crippen molar-refractivity contribution in [3.05, 3.63) is 29.8 Å². The summed E-state index contributed by atoms with van der Waals surface area (Å²) in [5, 5.41) is 4.84. The lowest BCUT2D eigenvalue weighted by Crippen LogP contribution is -2.53. The van der Waals surface area contributed by atoms with E-state index in [2.05, 4.69) is 15.5 Å². The first-order chi connectivity index (χ1) is 15.3. The number of carbonyl (C=O) groups excluding carboxylic acids is 2. The van der Waals surface area contributed by atoms with E-state index in [0.29, 0.717) is 32.2 Å². The van der Waals surface area contributed by atoms with Gasteiger partial charge >= 0.3 is 11.8 Å². The number of carbonyl (C=O) groups is 2. The fraction of sp³-hybridized carbons (Fsp3) is 0.579. The molecule has 2 heterocycles. The zero-order valence-electron chi connectivity index (χ0n) is 17.4. The second-order valence-corrected chi connectivity index (χ2v) is 9.15. The Bertz CT molecular complexity index is 926. The molecule has 1 aromatic rings. The number of nitrogens with one attached hydrogen (secondary N) is 2. The maximum Gasteiger partial charge on any atom is 0.309 e. The van der Waals surface area contributed by atoms with Crippen molar-refractivity contribution < 1.29 is 36.3 Å². The highest BCUT2D eigenvalue weighted by molar-refractivity contribution is 7.89. The molecule has 10 nitrogen and oxygen atoms in total. The predicted molar refractivity (Wildman–Crippen MR) is 108 cm³/mol. The maximum absolute atomic E-state index is 14.1. The van der Waals surface area contributed by atoms with Gasteiger partial charge in [0.25, 0.3) is 0 Å². The van der Waals surface area contributed by atoms with Crippen molar-refractivity contribution in [3.8, 4) is 0 Å². The number of halogens is 2. The van der Waals surface area contributed by atoms with Crippen LogP contribution in [0.3, 0.4) is 0 Å². The van der Waals surface area contributed by atoms with Gasteiger partial charge in [0.15, 0.2) is 0 Å². The summed E-state index contributed by atoms with van der Waals surface area (Å²) in [7, 11) is -4.43. The third kappa shape index (κ3) is 6.19. The zero-order valence-corrected chi connectivity index (χ0v) is 18.2.